The molecule has 0 aliphatic rings. The summed E-state index contributed by atoms with van der Waals surface area (Å²) in [5, 5.41) is 15.9. The zero-order chi connectivity index (χ0) is 15.7. The number of unbranched alkanes of at least 4 members (excludes halogenated alkanes) is 1. The summed E-state index contributed by atoms with van der Waals surface area (Å²) in [5.74, 6) is -1.16. The SMILES string of the molecule is CC(=O)NC(CC(=O)NCCCCC(=O)O)c1cccs1. The number of aliphatic carboxylic acids is 1. The van der Waals surface area contributed by atoms with Crippen molar-refractivity contribution in [3.63, 3.8) is 0 Å². The molecule has 7 heteroatoms. The van der Waals surface area contributed by atoms with Crippen molar-refractivity contribution in [1.82, 2.24) is 10.6 Å². The number of rotatable bonds is 9. The zero-order valence-electron chi connectivity index (χ0n) is 11.9. The highest BCUT2D eigenvalue weighted by molar-refractivity contribution is 7.10. The van der Waals surface area contributed by atoms with E-state index in [0.717, 1.165) is 4.88 Å². The van der Waals surface area contributed by atoms with Crippen molar-refractivity contribution in [2.24, 2.45) is 0 Å². The molecule has 1 unspecified atom stereocenters. The first-order chi connectivity index (χ1) is 9.99. The van der Waals surface area contributed by atoms with Gasteiger partial charge in [0.1, 0.15) is 0 Å². The molecule has 21 heavy (non-hydrogen) atoms. The van der Waals surface area contributed by atoms with Gasteiger partial charge in [0, 0.05) is 24.8 Å². The Bertz CT molecular complexity index is 473. The summed E-state index contributed by atoms with van der Waals surface area (Å²) in [6, 6.07) is 3.44. The highest BCUT2D eigenvalue weighted by atomic mass is 32.1. The summed E-state index contributed by atoms with van der Waals surface area (Å²) in [7, 11) is 0. The average Bonchev–Trinajstić information content (AvgIpc) is 2.90. The Morgan fingerprint density at radius 1 is 1.33 bits per heavy atom. The molecule has 0 aromatic carbocycles. The molecule has 0 radical (unpaired) electrons. The van der Waals surface area contributed by atoms with Crippen LogP contribution in [0.1, 0.15) is 43.5 Å². The maximum absolute atomic E-state index is 11.9. The van der Waals surface area contributed by atoms with Gasteiger partial charge in [-0.1, -0.05) is 6.07 Å². The van der Waals surface area contributed by atoms with Gasteiger partial charge in [-0.2, -0.15) is 0 Å². The Labute approximate surface area is 127 Å². The van der Waals surface area contributed by atoms with Gasteiger partial charge >= 0.3 is 5.97 Å². The molecule has 1 aromatic rings. The molecule has 1 heterocycles. The van der Waals surface area contributed by atoms with Gasteiger partial charge in [-0.05, 0) is 24.3 Å². The monoisotopic (exact) mass is 312 g/mol. The fraction of sp³-hybridized carbons (Fsp3) is 0.500. The van der Waals surface area contributed by atoms with E-state index in [0.29, 0.717) is 19.4 Å². The second-order valence-electron chi connectivity index (χ2n) is 4.67. The van der Waals surface area contributed by atoms with Gasteiger partial charge < -0.3 is 15.7 Å². The molecule has 6 nitrogen and oxygen atoms in total. The quantitative estimate of drug-likeness (QED) is 0.605. The second-order valence-corrected chi connectivity index (χ2v) is 5.65. The molecular formula is C14H20N2O4S. The van der Waals surface area contributed by atoms with Crippen LogP contribution in [0, 0.1) is 0 Å². The van der Waals surface area contributed by atoms with Crippen LogP contribution < -0.4 is 10.6 Å². The lowest BCUT2D eigenvalue weighted by molar-refractivity contribution is -0.137. The molecule has 116 valence electrons. The van der Waals surface area contributed by atoms with Crippen molar-refractivity contribution < 1.29 is 19.5 Å². The normalized spacial score (nSPS) is 11.7. The highest BCUT2D eigenvalue weighted by Gasteiger charge is 2.17. The molecule has 0 spiro atoms. The van der Waals surface area contributed by atoms with E-state index in [1.165, 1.54) is 18.3 Å². The molecule has 1 aromatic heterocycles. The lowest BCUT2D eigenvalue weighted by Gasteiger charge is -2.16. The third-order valence-electron chi connectivity index (χ3n) is 2.79. The zero-order valence-corrected chi connectivity index (χ0v) is 12.7. The van der Waals surface area contributed by atoms with Gasteiger partial charge in [0.15, 0.2) is 0 Å². The van der Waals surface area contributed by atoms with Gasteiger partial charge in [0.05, 0.1) is 12.5 Å². The number of hydrogen-bond acceptors (Lipinski definition) is 4. The number of carbonyl (C=O) groups excluding carboxylic acids is 2. The Hall–Kier alpha value is -1.89. The van der Waals surface area contributed by atoms with E-state index in [1.807, 2.05) is 17.5 Å². The predicted octanol–water partition coefficient (Wildman–Crippen LogP) is 1.69. The Morgan fingerprint density at radius 2 is 2.10 bits per heavy atom. The number of nitrogens with one attached hydrogen (secondary N) is 2. The summed E-state index contributed by atoms with van der Waals surface area (Å²) in [4.78, 5) is 34.3. The number of carboxylic acids is 1. The molecule has 0 aliphatic carbocycles. The van der Waals surface area contributed by atoms with Crippen LogP contribution >= 0.6 is 11.3 Å². The second kappa shape index (κ2) is 9.12. The molecule has 0 saturated carbocycles. The van der Waals surface area contributed by atoms with Gasteiger partial charge in [-0.3, -0.25) is 14.4 Å². The molecule has 0 fully saturated rings. The molecule has 3 N–H and O–H groups in total. The van der Waals surface area contributed by atoms with Crippen molar-refractivity contribution in [1.29, 1.82) is 0 Å². The van der Waals surface area contributed by atoms with E-state index in [1.54, 1.807) is 0 Å². The van der Waals surface area contributed by atoms with Crippen molar-refractivity contribution in [3.8, 4) is 0 Å². The molecule has 0 aliphatic heterocycles. The lowest BCUT2D eigenvalue weighted by atomic mass is 10.1. The fourth-order valence-corrected chi connectivity index (χ4v) is 2.62. The van der Waals surface area contributed by atoms with E-state index in [9.17, 15) is 14.4 Å². The first-order valence-corrected chi connectivity index (χ1v) is 7.66. The van der Waals surface area contributed by atoms with Crippen LogP contribution in [0.25, 0.3) is 0 Å². The van der Waals surface area contributed by atoms with Crippen molar-refractivity contribution in [3.05, 3.63) is 22.4 Å². The van der Waals surface area contributed by atoms with Gasteiger partial charge in [0.2, 0.25) is 11.8 Å². The molecular weight excluding hydrogens is 292 g/mol. The molecule has 2 amide bonds. The summed E-state index contributed by atoms with van der Waals surface area (Å²) in [6.07, 6.45) is 1.45. The predicted molar refractivity (Wildman–Crippen MR) is 80.0 cm³/mol. The third-order valence-corrected chi connectivity index (χ3v) is 3.78. The van der Waals surface area contributed by atoms with E-state index < -0.39 is 5.97 Å². The van der Waals surface area contributed by atoms with Gasteiger partial charge in [-0.25, -0.2) is 0 Å². The standard InChI is InChI=1S/C14H20N2O4S/c1-10(17)16-11(12-5-4-8-21-12)9-13(18)15-7-3-2-6-14(19)20/h4-5,8,11H,2-3,6-7,9H2,1H3,(H,15,18)(H,16,17)(H,19,20). The van der Waals surface area contributed by atoms with E-state index >= 15 is 0 Å². The molecule has 1 atom stereocenters. The average molecular weight is 312 g/mol. The first kappa shape index (κ1) is 17.2. The van der Waals surface area contributed by atoms with Gasteiger partial charge in [0.25, 0.3) is 0 Å². The minimum absolute atomic E-state index is 0.111. The maximum atomic E-state index is 11.9. The van der Waals surface area contributed by atoms with Crippen LogP contribution in [0.4, 0.5) is 0 Å². The van der Waals surface area contributed by atoms with Crippen molar-refractivity contribution >= 4 is 29.1 Å². The summed E-state index contributed by atoms with van der Waals surface area (Å²) < 4.78 is 0. The highest BCUT2D eigenvalue weighted by Crippen LogP contribution is 2.21. The van der Waals surface area contributed by atoms with Crippen molar-refractivity contribution in [2.45, 2.75) is 38.6 Å². The number of carbonyl (C=O) groups is 3. The number of carboxylic acid groups (broad SMARTS) is 1. The lowest BCUT2D eigenvalue weighted by Crippen LogP contribution is -2.32. The minimum Gasteiger partial charge on any atom is -0.481 e. The minimum atomic E-state index is -0.829. The van der Waals surface area contributed by atoms with Crippen LogP contribution in [-0.4, -0.2) is 29.4 Å². The van der Waals surface area contributed by atoms with Gasteiger partial charge in [-0.15, -0.1) is 11.3 Å². The first-order valence-electron chi connectivity index (χ1n) is 6.78. The van der Waals surface area contributed by atoms with E-state index in [4.69, 9.17) is 5.11 Å². The molecule has 0 saturated heterocycles. The number of thiophene rings is 1. The molecule has 1 rings (SSSR count). The largest absolute Gasteiger partial charge is 0.481 e. The fourth-order valence-electron chi connectivity index (χ4n) is 1.84. The van der Waals surface area contributed by atoms with Crippen LogP contribution in [0.3, 0.4) is 0 Å². The smallest absolute Gasteiger partial charge is 0.303 e. The summed E-state index contributed by atoms with van der Waals surface area (Å²) in [5.41, 5.74) is 0. The van der Waals surface area contributed by atoms with Crippen LogP contribution in [-0.2, 0) is 14.4 Å². The Kier molecular flexibility index (Phi) is 7.45. The van der Waals surface area contributed by atoms with Crippen LogP contribution in [0.2, 0.25) is 0 Å². The number of amides is 2. The number of hydrogen-bond donors (Lipinski definition) is 3. The van der Waals surface area contributed by atoms with Crippen LogP contribution in [0.15, 0.2) is 17.5 Å². The van der Waals surface area contributed by atoms with Crippen molar-refractivity contribution in [2.75, 3.05) is 6.54 Å². The summed E-state index contributed by atoms with van der Waals surface area (Å²) in [6.45, 7) is 1.87. The Morgan fingerprint density at radius 3 is 2.67 bits per heavy atom. The van der Waals surface area contributed by atoms with Crippen LogP contribution in [0.5, 0.6) is 0 Å². The van der Waals surface area contributed by atoms with E-state index in [2.05, 4.69) is 10.6 Å². The maximum Gasteiger partial charge on any atom is 0.303 e. The molecule has 0 bridgehead atoms. The Balaban J connectivity index is 2.35. The summed E-state index contributed by atoms with van der Waals surface area (Å²) >= 11 is 1.49. The van der Waals surface area contributed by atoms with E-state index in [-0.39, 0.29) is 30.7 Å². The third kappa shape index (κ3) is 7.45. The topological polar surface area (TPSA) is 95.5 Å².